The molecule has 12 heteroatoms. The van der Waals surface area contributed by atoms with Gasteiger partial charge in [-0.15, -0.1) is 0 Å². The standard InChI is InChI=1S/C21H39N3O6S3/c1-16(13-31)10-28-7-4-22-19(25)23(5-8-29-11-17(2)14-32)21(27)24(20(22)26)6-9-30-12-18(3)15-33/h16-18,31-33H,4-15H2,1-3H3. The largest absolute Gasteiger partial charge is 0.379 e. The highest BCUT2D eigenvalue weighted by atomic mass is 32.1. The SMILES string of the molecule is CC(CS)COCCn1c(=O)n(CCOCC(C)CS)c(=O)n(CCOCC(C)CS)c1=O. The van der Waals surface area contributed by atoms with Crippen LogP contribution in [0.25, 0.3) is 0 Å². The van der Waals surface area contributed by atoms with Crippen molar-refractivity contribution in [2.75, 3.05) is 56.9 Å². The molecule has 0 bridgehead atoms. The number of hydrogen-bond donors (Lipinski definition) is 3. The fourth-order valence-corrected chi connectivity index (χ4v) is 3.05. The quantitative estimate of drug-likeness (QED) is 0.195. The third-order valence-corrected chi connectivity index (χ3v) is 6.78. The van der Waals surface area contributed by atoms with Crippen molar-refractivity contribution in [1.82, 2.24) is 13.7 Å². The van der Waals surface area contributed by atoms with Gasteiger partial charge in [0.15, 0.2) is 0 Å². The van der Waals surface area contributed by atoms with Gasteiger partial charge in [0.2, 0.25) is 0 Å². The van der Waals surface area contributed by atoms with Gasteiger partial charge in [0.05, 0.1) is 39.5 Å². The predicted molar refractivity (Wildman–Crippen MR) is 141 cm³/mol. The number of aromatic nitrogens is 3. The fourth-order valence-electron chi connectivity index (χ4n) is 2.74. The van der Waals surface area contributed by atoms with Gasteiger partial charge in [-0.25, -0.2) is 28.1 Å². The third kappa shape index (κ3) is 10.6. The molecule has 3 unspecified atom stereocenters. The van der Waals surface area contributed by atoms with Crippen LogP contribution in [0.1, 0.15) is 20.8 Å². The van der Waals surface area contributed by atoms with E-state index < -0.39 is 17.1 Å². The van der Waals surface area contributed by atoms with Crippen LogP contribution in [0.3, 0.4) is 0 Å². The van der Waals surface area contributed by atoms with Crippen molar-refractivity contribution >= 4 is 37.9 Å². The fraction of sp³-hybridized carbons (Fsp3) is 0.857. The summed E-state index contributed by atoms with van der Waals surface area (Å²) in [6.07, 6.45) is 0. The topological polar surface area (TPSA) is 93.7 Å². The van der Waals surface area contributed by atoms with Gasteiger partial charge in [-0.1, -0.05) is 20.8 Å². The Balaban J connectivity index is 3.02. The Labute approximate surface area is 212 Å². The normalized spacial score (nSPS) is 14.4. The molecule has 1 aromatic heterocycles. The Kier molecular flexibility index (Phi) is 15.5. The zero-order valence-electron chi connectivity index (χ0n) is 19.9. The summed E-state index contributed by atoms with van der Waals surface area (Å²) in [5.74, 6) is 2.79. The second-order valence-corrected chi connectivity index (χ2v) is 9.49. The van der Waals surface area contributed by atoms with Crippen molar-refractivity contribution in [3.8, 4) is 0 Å². The van der Waals surface area contributed by atoms with Gasteiger partial charge in [-0.2, -0.15) is 37.9 Å². The smallest absolute Gasteiger partial charge is 0.336 e. The van der Waals surface area contributed by atoms with Crippen LogP contribution in [0, 0.1) is 17.8 Å². The van der Waals surface area contributed by atoms with Crippen LogP contribution in [0.5, 0.6) is 0 Å². The van der Waals surface area contributed by atoms with Crippen molar-refractivity contribution in [2.24, 2.45) is 17.8 Å². The maximum atomic E-state index is 12.9. The zero-order chi connectivity index (χ0) is 24.8. The first-order valence-electron chi connectivity index (χ1n) is 11.3. The van der Waals surface area contributed by atoms with E-state index in [1.165, 1.54) is 0 Å². The van der Waals surface area contributed by atoms with Crippen molar-refractivity contribution in [1.29, 1.82) is 0 Å². The second-order valence-electron chi connectivity index (χ2n) is 8.39. The summed E-state index contributed by atoms with van der Waals surface area (Å²) >= 11 is 12.7. The Morgan fingerprint density at radius 2 is 0.818 bits per heavy atom. The molecule has 192 valence electrons. The van der Waals surface area contributed by atoms with Crippen LogP contribution in [0.15, 0.2) is 14.4 Å². The molecule has 0 fully saturated rings. The van der Waals surface area contributed by atoms with E-state index >= 15 is 0 Å². The second kappa shape index (κ2) is 16.9. The Morgan fingerprint density at radius 1 is 0.576 bits per heavy atom. The monoisotopic (exact) mass is 525 g/mol. The molecule has 0 N–H and O–H groups in total. The van der Waals surface area contributed by atoms with E-state index in [0.717, 1.165) is 13.7 Å². The van der Waals surface area contributed by atoms with Crippen molar-refractivity contribution < 1.29 is 14.2 Å². The van der Waals surface area contributed by atoms with Crippen LogP contribution in [0.2, 0.25) is 0 Å². The molecular weight excluding hydrogens is 486 g/mol. The van der Waals surface area contributed by atoms with Crippen LogP contribution in [0.4, 0.5) is 0 Å². The lowest BCUT2D eigenvalue weighted by Crippen LogP contribution is -2.55. The first kappa shape index (κ1) is 30.4. The van der Waals surface area contributed by atoms with Crippen LogP contribution in [-0.4, -0.2) is 70.6 Å². The minimum absolute atomic E-state index is 0.0479. The molecule has 0 aromatic carbocycles. The van der Waals surface area contributed by atoms with Gasteiger partial charge in [0.1, 0.15) is 0 Å². The Bertz CT molecular complexity index is 717. The number of nitrogens with zero attached hydrogens (tertiary/aromatic N) is 3. The lowest BCUT2D eigenvalue weighted by atomic mass is 10.2. The number of thiol groups is 3. The first-order chi connectivity index (χ1) is 15.8. The summed E-state index contributed by atoms with van der Waals surface area (Å²) < 4.78 is 19.9. The molecule has 0 aliphatic carbocycles. The zero-order valence-corrected chi connectivity index (χ0v) is 22.5. The highest BCUT2D eigenvalue weighted by molar-refractivity contribution is 7.80. The molecule has 1 heterocycles. The molecule has 1 rings (SSSR count). The number of ether oxygens (including phenoxy) is 3. The van der Waals surface area contributed by atoms with E-state index in [1.807, 2.05) is 20.8 Å². The molecule has 0 saturated carbocycles. The van der Waals surface area contributed by atoms with E-state index in [-0.39, 0.29) is 57.2 Å². The van der Waals surface area contributed by atoms with Crippen molar-refractivity contribution in [2.45, 2.75) is 40.4 Å². The van der Waals surface area contributed by atoms with E-state index in [0.29, 0.717) is 37.1 Å². The minimum atomic E-state index is -0.664. The molecule has 0 spiro atoms. The maximum Gasteiger partial charge on any atom is 0.336 e. The Morgan fingerprint density at radius 3 is 1.03 bits per heavy atom. The van der Waals surface area contributed by atoms with Crippen molar-refractivity contribution in [3.05, 3.63) is 31.5 Å². The molecule has 3 atom stereocenters. The first-order valence-corrected chi connectivity index (χ1v) is 13.2. The summed E-state index contributed by atoms with van der Waals surface area (Å²) in [4.78, 5) is 38.8. The van der Waals surface area contributed by atoms with Gasteiger partial charge in [0, 0.05) is 19.8 Å². The van der Waals surface area contributed by atoms with Crippen LogP contribution in [-0.2, 0) is 33.8 Å². The maximum absolute atomic E-state index is 12.9. The summed E-state index contributed by atoms with van der Waals surface area (Å²) in [6.45, 7) is 8.08. The predicted octanol–water partition coefficient (Wildman–Crippen LogP) is 0.919. The summed E-state index contributed by atoms with van der Waals surface area (Å²) in [6, 6.07) is 0. The minimum Gasteiger partial charge on any atom is -0.379 e. The molecular formula is C21H39N3O6S3. The summed E-state index contributed by atoms with van der Waals surface area (Å²) in [7, 11) is 0. The number of hydrogen-bond acceptors (Lipinski definition) is 9. The molecule has 9 nitrogen and oxygen atoms in total. The summed E-state index contributed by atoms with van der Waals surface area (Å²) in [5, 5.41) is 0. The third-order valence-electron chi connectivity index (χ3n) is 4.91. The molecule has 0 amide bonds. The van der Waals surface area contributed by atoms with Crippen molar-refractivity contribution in [3.63, 3.8) is 0 Å². The molecule has 0 saturated heterocycles. The lowest BCUT2D eigenvalue weighted by Gasteiger charge is -2.16. The molecule has 0 radical (unpaired) electrons. The van der Waals surface area contributed by atoms with Crippen LogP contribution >= 0.6 is 37.9 Å². The van der Waals surface area contributed by atoms with E-state index in [4.69, 9.17) is 14.2 Å². The van der Waals surface area contributed by atoms with Crippen LogP contribution < -0.4 is 17.1 Å². The lowest BCUT2D eigenvalue weighted by molar-refractivity contribution is 0.0923. The number of rotatable bonds is 18. The molecule has 0 aliphatic heterocycles. The van der Waals surface area contributed by atoms with Gasteiger partial charge in [-0.05, 0) is 35.0 Å². The van der Waals surface area contributed by atoms with E-state index in [1.54, 1.807) is 0 Å². The van der Waals surface area contributed by atoms with Gasteiger partial charge >= 0.3 is 17.1 Å². The van der Waals surface area contributed by atoms with Gasteiger partial charge in [-0.3, -0.25) is 0 Å². The van der Waals surface area contributed by atoms with E-state index in [2.05, 4.69) is 37.9 Å². The molecule has 1 aromatic rings. The molecule has 0 aliphatic rings. The highest BCUT2D eigenvalue weighted by Crippen LogP contribution is 1.99. The Hall–Kier alpha value is -0.660. The van der Waals surface area contributed by atoms with Gasteiger partial charge in [0.25, 0.3) is 0 Å². The average Bonchev–Trinajstić information content (AvgIpc) is 2.81. The summed E-state index contributed by atoms with van der Waals surface area (Å²) in [5.41, 5.74) is -1.99. The van der Waals surface area contributed by atoms with E-state index in [9.17, 15) is 14.4 Å². The highest BCUT2D eigenvalue weighted by Gasteiger charge is 2.16. The average molecular weight is 526 g/mol. The molecule has 33 heavy (non-hydrogen) atoms. The van der Waals surface area contributed by atoms with Gasteiger partial charge < -0.3 is 14.2 Å².